The highest BCUT2D eigenvalue weighted by Crippen LogP contribution is 2.28. The monoisotopic (exact) mass is 268 g/mol. The minimum atomic E-state index is 0.367. The summed E-state index contributed by atoms with van der Waals surface area (Å²) in [6.07, 6.45) is 0. The first-order chi connectivity index (χ1) is 8.10. The van der Waals surface area contributed by atoms with Gasteiger partial charge in [0.15, 0.2) is 0 Å². The van der Waals surface area contributed by atoms with E-state index in [9.17, 15) is 0 Å². The Hall–Kier alpha value is -1.36. The minimum Gasteiger partial charge on any atom is -0.292 e. The largest absolute Gasteiger partial charge is 0.292 e. The SMILES string of the molecule is Cc1cc(-c2ccc(Cl)c(Cl)c2)nc(NN)n1. The normalized spacial score (nSPS) is 10.4. The van der Waals surface area contributed by atoms with Gasteiger partial charge in [-0.1, -0.05) is 29.3 Å². The van der Waals surface area contributed by atoms with Crippen molar-refractivity contribution < 1.29 is 0 Å². The second kappa shape index (κ2) is 4.87. The number of aryl methyl sites for hydroxylation is 1. The van der Waals surface area contributed by atoms with Crippen LogP contribution in [0.5, 0.6) is 0 Å². The molecule has 1 aromatic carbocycles. The molecule has 0 aliphatic rings. The molecule has 0 amide bonds. The Kier molecular flexibility index (Phi) is 3.47. The zero-order chi connectivity index (χ0) is 12.4. The van der Waals surface area contributed by atoms with Gasteiger partial charge in [0.2, 0.25) is 5.95 Å². The molecule has 0 atom stereocenters. The molecule has 0 aliphatic heterocycles. The van der Waals surface area contributed by atoms with Gasteiger partial charge in [-0.3, -0.25) is 5.43 Å². The van der Waals surface area contributed by atoms with E-state index in [2.05, 4.69) is 15.4 Å². The van der Waals surface area contributed by atoms with Gasteiger partial charge in [-0.25, -0.2) is 15.8 Å². The average Bonchev–Trinajstić information content (AvgIpc) is 2.32. The predicted molar refractivity (Wildman–Crippen MR) is 70.0 cm³/mol. The van der Waals surface area contributed by atoms with Gasteiger partial charge in [0.1, 0.15) is 0 Å². The molecule has 4 nitrogen and oxygen atoms in total. The number of nitrogens with two attached hydrogens (primary N) is 1. The van der Waals surface area contributed by atoms with E-state index in [1.165, 1.54) is 0 Å². The van der Waals surface area contributed by atoms with Crippen LogP contribution in [0.15, 0.2) is 24.3 Å². The summed E-state index contributed by atoms with van der Waals surface area (Å²) in [5, 5.41) is 1.00. The minimum absolute atomic E-state index is 0.367. The van der Waals surface area contributed by atoms with Gasteiger partial charge in [0.25, 0.3) is 0 Å². The highest BCUT2D eigenvalue weighted by Gasteiger charge is 2.06. The molecule has 2 aromatic rings. The number of benzene rings is 1. The molecule has 17 heavy (non-hydrogen) atoms. The standard InChI is InChI=1S/C11H10Cl2N4/c1-6-4-10(16-11(15-6)17-14)7-2-3-8(12)9(13)5-7/h2-5H,14H2,1H3,(H,15,16,17). The third-order valence-corrected chi connectivity index (χ3v) is 2.94. The van der Waals surface area contributed by atoms with Crippen LogP contribution in [0.1, 0.15) is 5.69 Å². The van der Waals surface area contributed by atoms with Crippen molar-refractivity contribution in [2.75, 3.05) is 5.43 Å². The Morgan fingerprint density at radius 2 is 1.88 bits per heavy atom. The maximum atomic E-state index is 5.96. The lowest BCUT2D eigenvalue weighted by Gasteiger charge is -2.06. The maximum absolute atomic E-state index is 5.96. The Bertz CT molecular complexity index is 557. The fraction of sp³-hybridized carbons (Fsp3) is 0.0909. The van der Waals surface area contributed by atoms with Gasteiger partial charge in [0, 0.05) is 11.3 Å². The van der Waals surface area contributed by atoms with Crippen molar-refractivity contribution >= 4 is 29.2 Å². The number of anilines is 1. The molecule has 1 heterocycles. The molecule has 0 spiro atoms. The van der Waals surface area contributed by atoms with Crippen LogP contribution in [0, 0.1) is 6.92 Å². The van der Waals surface area contributed by atoms with Crippen molar-refractivity contribution in [3.63, 3.8) is 0 Å². The van der Waals surface area contributed by atoms with Crippen LogP contribution in [0.3, 0.4) is 0 Å². The van der Waals surface area contributed by atoms with Crippen molar-refractivity contribution in [1.29, 1.82) is 0 Å². The van der Waals surface area contributed by atoms with E-state index in [-0.39, 0.29) is 0 Å². The fourth-order valence-corrected chi connectivity index (χ4v) is 1.73. The van der Waals surface area contributed by atoms with Crippen molar-refractivity contribution in [3.8, 4) is 11.3 Å². The van der Waals surface area contributed by atoms with Gasteiger partial charge < -0.3 is 0 Å². The Morgan fingerprint density at radius 1 is 1.12 bits per heavy atom. The van der Waals surface area contributed by atoms with Crippen LogP contribution in [-0.4, -0.2) is 9.97 Å². The maximum Gasteiger partial charge on any atom is 0.237 e. The van der Waals surface area contributed by atoms with Crippen LogP contribution in [-0.2, 0) is 0 Å². The lowest BCUT2D eigenvalue weighted by atomic mass is 10.1. The third-order valence-electron chi connectivity index (χ3n) is 2.20. The summed E-state index contributed by atoms with van der Waals surface area (Å²) < 4.78 is 0. The smallest absolute Gasteiger partial charge is 0.237 e. The van der Waals surface area contributed by atoms with Crippen LogP contribution >= 0.6 is 23.2 Å². The number of rotatable bonds is 2. The summed E-state index contributed by atoms with van der Waals surface area (Å²) in [5.41, 5.74) is 4.84. The van der Waals surface area contributed by atoms with Crippen LogP contribution in [0.25, 0.3) is 11.3 Å². The zero-order valence-electron chi connectivity index (χ0n) is 9.04. The first-order valence-electron chi connectivity index (χ1n) is 4.88. The number of hydrogen-bond donors (Lipinski definition) is 2. The number of hydrazine groups is 1. The average molecular weight is 269 g/mol. The second-order valence-electron chi connectivity index (χ2n) is 3.49. The summed E-state index contributed by atoms with van der Waals surface area (Å²) in [6, 6.07) is 7.18. The third kappa shape index (κ3) is 2.66. The van der Waals surface area contributed by atoms with E-state index in [0.717, 1.165) is 17.0 Å². The highest BCUT2D eigenvalue weighted by atomic mass is 35.5. The molecule has 0 fully saturated rings. The van der Waals surface area contributed by atoms with E-state index >= 15 is 0 Å². The number of halogens is 2. The van der Waals surface area contributed by atoms with Gasteiger partial charge in [-0.05, 0) is 25.1 Å². The zero-order valence-corrected chi connectivity index (χ0v) is 10.5. The first-order valence-corrected chi connectivity index (χ1v) is 5.63. The van der Waals surface area contributed by atoms with Crippen molar-refractivity contribution in [1.82, 2.24) is 9.97 Å². The molecule has 0 aliphatic carbocycles. The van der Waals surface area contributed by atoms with E-state index in [4.69, 9.17) is 29.0 Å². The number of hydrogen-bond acceptors (Lipinski definition) is 4. The molecule has 6 heteroatoms. The lowest BCUT2D eigenvalue weighted by molar-refractivity contribution is 1.08. The van der Waals surface area contributed by atoms with Gasteiger partial charge in [-0.2, -0.15) is 0 Å². The molecular formula is C11H10Cl2N4. The summed E-state index contributed by atoms with van der Waals surface area (Å²) in [7, 11) is 0. The molecule has 1 aromatic heterocycles. The molecule has 0 saturated heterocycles. The topological polar surface area (TPSA) is 63.8 Å². The Morgan fingerprint density at radius 3 is 2.53 bits per heavy atom. The second-order valence-corrected chi connectivity index (χ2v) is 4.31. The number of nitrogens with zero attached hydrogens (tertiary/aromatic N) is 2. The van der Waals surface area contributed by atoms with Crippen LogP contribution in [0.2, 0.25) is 10.0 Å². The van der Waals surface area contributed by atoms with E-state index in [0.29, 0.717) is 16.0 Å². The van der Waals surface area contributed by atoms with Gasteiger partial charge in [-0.15, -0.1) is 0 Å². The molecule has 0 unspecified atom stereocenters. The molecule has 3 N–H and O–H groups in total. The van der Waals surface area contributed by atoms with Gasteiger partial charge in [0.05, 0.1) is 15.7 Å². The summed E-state index contributed by atoms with van der Waals surface area (Å²) >= 11 is 11.8. The Balaban J connectivity index is 2.52. The Labute approximate surface area is 109 Å². The van der Waals surface area contributed by atoms with Crippen molar-refractivity contribution in [3.05, 3.63) is 40.0 Å². The van der Waals surface area contributed by atoms with E-state index in [1.807, 2.05) is 19.1 Å². The molecular weight excluding hydrogens is 259 g/mol. The summed E-state index contributed by atoms with van der Waals surface area (Å²) in [4.78, 5) is 8.36. The van der Waals surface area contributed by atoms with E-state index < -0.39 is 0 Å². The van der Waals surface area contributed by atoms with Crippen LogP contribution < -0.4 is 11.3 Å². The highest BCUT2D eigenvalue weighted by molar-refractivity contribution is 6.42. The molecule has 88 valence electrons. The first kappa shape index (κ1) is 12.1. The van der Waals surface area contributed by atoms with Crippen molar-refractivity contribution in [2.24, 2.45) is 5.84 Å². The van der Waals surface area contributed by atoms with Gasteiger partial charge >= 0.3 is 0 Å². The summed E-state index contributed by atoms with van der Waals surface area (Å²) in [5.74, 6) is 5.66. The molecule has 0 saturated carbocycles. The molecule has 2 rings (SSSR count). The predicted octanol–water partition coefficient (Wildman–Crippen LogP) is 3.04. The lowest BCUT2D eigenvalue weighted by Crippen LogP contribution is -2.11. The fourth-order valence-electron chi connectivity index (χ4n) is 1.44. The quantitative estimate of drug-likeness (QED) is 0.649. The van der Waals surface area contributed by atoms with E-state index in [1.54, 1.807) is 12.1 Å². The van der Waals surface area contributed by atoms with Crippen LogP contribution in [0.4, 0.5) is 5.95 Å². The number of nitrogen functional groups attached to an aromatic ring is 1. The molecule has 0 radical (unpaired) electrons. The number of aromatic nitrogens is 2. The van der Waals surface area contributed by atoms with Crippen molar-refractivity contribution in [2.45, 2.75) is 6.92 Å². The summed E-state index contributed by atoms with van der Waals surface area (Å²) in [6.45, 7) is 1.86. The molecule has 0 bridgehead atoms. The number of nitrogens with one attached hydrogen (secondary N) is 1.